The van der Waals surface area contributed by atoms with Gasteiger partial charge in [0.1, 0.15) is 5.56 Å². The molecule has 2 heterocycles. The number of morpholine rings is 1. The minimum absolute atomic E-state index is 0.0214. The molecule has 0 amide bonds. The zero-order valence-electron chi connectivity index (χ0n) is 16.3. The number of nitrogens with one attached hydrogen (secondary N) is 1. The van der Waals surface area contributed by atoms with Crippen LogP contribution in [0.25, 0.3) is 5.69 Å². The summed E-state index contributed by atoms with van der Waals surface area (Å²) in [5, 5.41) is 10.6. The third kappa shape index (κ3) is 4.40. The summed E-state index contributed by atoms with van der Waals surface area (Å²) in [6, 6.07) is 5.45. The van der Waals surface area contributed by atoms with E-state index in [0.29, 0.717) is 12.2 Å². The number of aromatic nitrogens is 2. The molecular weight excluding hydrogens is 360 g/mol. The van der Waals surface area contributed by atoms with Crippen LogP contribution in [0.1, 0.15) is 23.1 Å². The Hall–Kier alpha value is -2.71. The first-order valence-electron chi connectivity index (χ1n) is 9.44. The summed E-state index contributed by atoms with van der Waals surface area (Å²) in [6.45, 7) is 8.57. The molecule has 3 rings (SSSR count). The number of aromatic amines is 1. The average molecular weight is 386 g/mol. The van der Waals surface area contributed by atoms with Crippen LogP contribution in [-0.2, 0) is 4.74 Å². The normalized spacial score (nSPS) is 15.4. The highest BCUT2D eigenvalue weighted by Crippen LogP contribution is 2.20. The van der Waals surface area contributed by atoms with Crippen molar-refractivity contribution < 1.29 is 9.84 Å². The van der Waals surface area contributed by atoms with Crippen molar-refractivity contribution in [3.63, 3.8) is 0 Å². The number of aliphatic imine (C=N–C) groups is 1. The van der Waals surface area contributed by atoms with Gasteiger partial charge in [-0.05, 0) is 37.5 Å². The summed E-state index contributed by atoms with van der Waals surface area (Å²) in [5.41, 5.74) is 1.00. The number of nitrogens with zero attached hydrogens (tertiary/aromatic N) is 3. The number of aromatic hydroxyl groups is 1. The number of ether oxygens (including phenoxy) is 1. The van der Waals surface area contributed by atoms with E-state index in [0.717, 1.165) is 55.0 Å². The largest absolute Gasteiger partial charge is 0.493 e. The highest BCUT2D eigenvalue weighted by Gasteiger charge is 2.16. The van der Waals surface area contributed by atoms with Gasteiger partial charge in [0.15, 0.2) is 0 Å². The Morgan fingerprint density at radius 1 is 1.25 bits per heavy atom. The number of H-pyrrole nitrogens is 1. The van der Waals surface area contributed by atoms with Crippen LogP contribution in [0.2, 0.25) is 0 Å². The van der Waals surface area contributed by atoms with Crippen molar-refractivity contribution in [2.24, 2.45) is 4.99 Å². The van der Waals surface area contributed by atoms with Gasteiger partial charge >= 0.3 is 5.69 Å². The van der Waals surface area contributed by atoms with E-state index in [1.165, 1.54) is 6.21 Å². The van der Waals surface area contributed by atoms with Gasteiger partial charge in [-0.1, -0.05) is 12.1 Å². The summed E-state index contributed by atoms with van der Waals surface area (Å²) in [4.78, 5) is 33.3. The molecule has 150 valence electrons. The fourth-order valence-corrected chi connectivity index (χ4v) is 3.22. The lowest BCUT2D eigenvalue weighted by Crippen LogP contribution is -2.37. The number of hydrogen-bond donors (Lipinski definition) is 2. The van der Waals surface area contributed by atoms with Crippen LogP contribution in [0, 0.1) is 13.8 Å². The summed E-state index contributed by atoms with van der Waals surface area (Å²) < 4.78 is 6.43. The van der Waals surface area contributed by atoms with E-state index in [2.05, 4.69) is 14.9 Å². The molecule has 0 spiro atoms. The summed E-state index contributed by atoms with van der Waals surface area (Å²) in [6.07, 6.45) is 2.18. The van der Waals surface area contributed by atoms with Gasteiger partial charge in [0, 0.05) is 32.4 Å². The molecule has 1 aliphatic rings. The molecule has 2 aromatic rings. The second-order valence-corrected chi connectivity index (χ2v) is 6.89. The Labute approximate surface area is 163 Å². The zero-order chi connectivity index (χ0) is 20.1. The van der Waals surface area contributed by atoms with Crippen molar-refractivity contribution in [2.45, 2.75) is 20.3 Å². The highest BCUT2D eigenvalue weighted by atomic mass is 16.5. The third-order valence-corrected chi connectivity index (χ3v) is 5.02. The lowest BCUT2D eigenvalue weighted by Gasteiger charge is -2.26. The molecule has 1 aromatic carbocycles. The SMILES string of the molecule is Cc1cccc(-n2c(O)c(C=NCCCN3CCOCC3)c(=O)[nH]c2=O)c1C. The van der Waals surface area contributed by atoms with Gasteiger partial charge in [0.05, 0.1) is 18.9 Å². The molecule has 8 heteroatoms. The molecule has 28 heavy (non-hydrogen) atoms. The fraction of sp³-hybridized carbons (Fsp3) is 0.450. The van der Waals surface area contributed by atoms with E-state index in [-0.39, 0.29) is 5.56 Å². The molecule has 0 unspecified atom stereocenters. The van der Waals surface area contributed by atoms with E-state index in [1.807, 2.05) is 19.9 Å². The van der Waals surface area contributed by atoms with Gasteiger partial charge in [-0.25, -0.2) is 9.36 Å². The first-order chi connectivity index (χ1) is 13.5. The molecule has 1 saturated heterocycles. The van der Waals surface area contributed by atoms with Crippen LogP contribution in [0.3, 0.4) is 0 Å². The number of benzene rings is 1. The van der Waals surface area contributed by atoms with E-state index in [4.69, 9.17) is 4.74 Å². The Kier molecular flexibility index (Phi) is 6.43. The van der Waals surface area contributed by atoms with Crippen LogP contribution in [0.5, 0.6) is 5.88 Å². The lowest BCUT2D eigenvalue weighted by molar-refractivity contribution is 0.0377. The maximum Gasteiger partial charge on any atom is 0.335 e. The monoisotopic (exact) mass is 386 g/mol. The van der Waals surface area contributed by atoms with Crippen molar-refractivity contribution in [1.29, 1.82) is 0 Å². The maximum absolute atomic E-state index is 12.3. The average Bonchev–Trinajstić information content (AvgIpc) is 2.67. The van der Waals surface area contributed by atoms with Crippen LogP contribution in [0.15, 0.2) is 32.8 Å². The first-order valence-corrected chi connectivity index (χ1v) is 9.44. The van der Waals surface area contributed by atoms with Crippen LogP contribution in [0.4, 0.5) is 0 Å². The third-order valence-electron chi connectivity index (χ3n) is 5.02. The van der Waals surface area contributed by atoms with E-state index in [9.17, 15) is 14.7 Å². The summed E-state index contributed by atoms with van der Waals surface area (Å²) >= 11 is 0. The smallest absolute Gasteiger partial charge is 0.335 e. The number of hydrogen-bond acceptors (Lipinski definition) is 6. The van der Waals surface area contributed by atoms with Crippen LogP contribution >= 0.6 is 0 Å². The van der Waals surface area contributed by atoms with Crippen molar-refractivity contribution in [3.8, 4) is 11.6 Å². The number of rotatable bonds is 6. The molecule has 0 aliphatic carbocycles. The quantitative estimate of drug-likeness (QED) is 0.570. The van der Waals surface area contributed by atoms with Gasteiger partial charge in [0.2, 0.25) is 5.88 Å². The molecule has 0 bridgehead atoms. The molecule has 1 aliphatic heterocycles. The molecule has 2 N–H and O–H groups in total. The van der Waals surface area contributed by atoms with Crippen LogP contribution in [-0.4, -0.2) is 65.2 Å². The van der Waals surface area contributed by atoms with E-state index >= 15 is 0 Å². The Morgan fingerprint density at radius 2 is 2.00 bits per heavy atom. The summed E-state index contributed by atoms with van der Waals surface area (Å²) in [5.74, 6) is -0.403. The predicted molar refractivity (Wildman–Crippen MR) is 108 cm³/mol. The van der Waals surface area contributed by atoms with Gasteiger partial charge in [-0.3, -0.25) is 19.7 Å². The maximum atomic E-state index is 12.3. The Balaban J connectivity index is 1.79. The molecule has 1 aromatic heterocycles. The van der Waals surface area contributed by atoms with Crippen LogP contribution < -0.4 is 11.2 Å². The second kappa shape index (κ2) is 8.99. The molecular formula is C20H26N4O4. The van der Waals surface area contributed by atoms with Gasteiger partial charge in [-0.15, -0.1) is 0 Å². The van der Waals surface area contributed by atoms with Gasteiger partial charge in [0.25, 0.3) is 5.56 Å². The molecule has 1 fully saturated rings. The molecule has 8 nitrogen and oxygen atoms in total. The minimum atomic E-state index is -0.680. The van der Waals surface area contributed by atoms with Gasteiger partial charge < -0.3 is 9.84 Å². The van der Waals surface area contributed by atoms with Crippen molar-refractivity contribution in [3.05, 3.63) is 55.7 Å². The Morgan fingerprint density at radius 3 is 2.75 bits per heavy atom. The summed E-state index contributed by atoms with van der Waals surface area (Å²) in [7, 11) is 0. The van der Waals surface area contributed by atoms with Crippen molar-refractivity contribution in [2.75, 3.05) is 39.4 Å². The molecule has 0 saturated carbocycles. The topological polar surface area (TPSA) is 99.9 Å². The minimum Gasteiger partial charge on any atom is -0.493 e. The number of aryl methyl sites for hydroxylation is 1. The Bertz CT molecular complexity index is 971. The second-order valence-electron chi connectivity index (χ2n) is 6.89. The fourth-order valence-electron chi connectivity index (χ4n) is 3.22. The van der Waals surface area contributed by atoms with E-state index < -0.39 is 17.1 Å². The standard InChI is InChI=1S/C20H26N4O4/c1-14-5-3-6-17(15(14)2)24-19(26)16(18(25)22-20(24)27)13-21-7-4-8-23-9-11-28-12-10-23/h3,5-6,13,26H,4,7-12H2,1-2H3,(H,22,25,27). The molecule has 0 radical (unpaired) electrons. The lowest BCUT2D eigenvalue weighted by atomic mass is 10.1. The van der Waals surface area contributed by atoms with Crippen molar-refractivity contribution in [1.82, 2.24) is 14.5 Å². The van der Waals surface area contributed by atoms with Gasteiger partial charge in [-0.2, -0.15) is 0 Å². The molecule has 0 atom stereocenters. The highest BCUT2D eigenvalue weighted by molar-refractivity contribution is 5.82. The zero-order valence-corrected chi connectivity index (χ0v) is 16.3. The van der Waals surface area contributed by atoms with E-state index in [1.54, 1.807) is 12.1 Å². The van der Waals surface area contributed by atoms with Crippen molar-refractivity contribution >= 4 is 6.21 Å². The first kappa shape index (κ1) is 20.0. The predicted octanol–water partition coefficient (Wildman–Crippen LogP) is 0.989.